The molecule has 180 valence electrons. The molecule has 1 aromatic rings. The fourth-order valence-corrected chi connectivity index (χ4v) is 2.02. The summed E-state index contributed by atoms with van der Waals surface area (Å²) < 4.78 is 163. The first kappa shape index (κ1) is 29.4. The van der Waals surface area contributed by atoms with Gasteiger partial charge in [-0.2, -0.15) is 69.7 Å². The Kier molecular flexibility index (Phi) is 8.63. The van der Waals surface area contributed by atoms with Gasteiger partial charge in [0.05, 0.1) is 5.25 Å². The van der Waals surface area contributed by atoms with Crippen LogP contribution in [0.4, 0.5) is 57.1 Å². The van der Waals surface area contributed by atoms with Gasteiger partial charge >= 0.3 is 35.8 Å². The molecular formula is C17H15F13S. The zero-order chi connectivity index (χ0) is 25.3. The van der Waals surface area contributed by atoms with Crippen LogP contribution in [-0.2, 0) is 0 Å². The third-order valence-electron chi connectivity index (χ3n) is 3.89. The van der Waals surface area contributed by atoms with Crippen molar-refractivity contribution in [1.29, 1.82) is 0 Å². The van der Waals surface area contributed by atoms with Crippen LogP contribution in [0.5, 0.6) is 0 Å². The maximum Gasteiger partial charge on any atom is 0.460 e. The van der Waals surface area contributed by atoms with E-state index in [-0.39, 0.29) is 6.92 Å². The quantitative estimate of drug-likeness (QED) is 0.302. The van der Waals surface area contributed by atoms with E-state index in [1.165, 1.54) is 11.1 Å². The van der Waals surface area contributed by atoms with Gasteiger partial charge in [0.2, 0.25) is 0 Å². The summed E-state index contributed by atoms with van der Waals surface area (Å²) in [6.45, 7) is 5.79. The second-order valence-electron chi connectivity index (χ2n) is 6.15. The molecule has 1 rings (SSSR count). The Balaban J connectivity index is 0.000000823. The first-order valence-corrected chi connectivity index (χ1v) is 8.37. The molecule has 0 bridgehead atoms. The summed E-state index contributed by atoms with van der Waals surface area (Å²) in [5, 5.41) is -3.07. The van der Waals surface area contributed by atoms with Crippen LogP contribution in [0.2, 0.25) is 0 Å². The molecule has 1 aromatic carbocycles. The molecule has 0 heterocycles. The summed E-state index contributed by atoms with van der Waals surface area (Å²) in [5.74, 6) is -36.7. The highest BCUT2D eigenvalue weighted by molar-refractivity contribution is 7.81. The molecule has 1 unspecified atom stereocenters. The second kappa shape index (κ2) is 9.10. The number of halogens is 13. The molecule has 0 aromatic heterocycles. The fraction of sp³-hybridized carbons (Fsp3) is 0.529. The minimum Gasteiger partial charge on any atom is -0.198 e. The van der Waals surface area contributed by atoms with Crippen LogP contribution < -0.4 is 0 Å². The molecule has 14 heteroatoms. The maximum atomic E-state index is 12.9. The second-order valence-corrected chi connectivity index (χ2v) is 6.93. The number of aryl methyl sites for hydroxylation is 1. The maximum absolute atomic E-state index is 12.9. The number of rotatable bonds is 6. The average molecular weight is 498 g/mol. The largest absolute Gasteiger partial charge is 0.460 e. The minimum absolute atomic E-state index is 0.0210. The average Bonchev–Trinajstić information content (AvgIpc) is 2.60. The summed E-state index contributed by atoms with van der Waals surface area (Å²) in [6.07, 6.45) is -5.52. The highest BCUT2D eigenvalue weighted by Gasteiger charge is 2.90. The number of benzene rings is 1. The number of thiol groups is 1. The molecular weight excluding hydrogens is 483 g/mol. The molecule has 0 radical (unpaired) electrons. The smallest absolute Gasteiger partial charge is 0.198 e. The van der Waals surface area contributed by atoms with Crippen molar-refractivity contribution in [1.82, 2.24) is 0 Å². The van der Waals surface area contributed by atoms with Crippen molar-refractivity contribution in [2.24, 2.45) is 0 Å². The van der Waals surface area contributed by atoms with E-state index in [9.17, 15) is 57.1 Å². The normalized spacial score (nSPS) is 15.1. The predicted octanol–water partition coefficient (Wildman–Crippen LogP) is 7.68. The molecule has 0 saturated carbocycles. The summed E-state index contributed by atoms with van der Waals surface area (Å²) in [4.78, 5) is 0. The number of hydrogen-bond donors (Lipinski definition) is 1. The lowest BCUT2D eigenvalue weighted by Crippen LogP contribution is -2.71. The van der Waals surface area contributed by atoms with E-state index in [1.54, 1.807) is 0 Å². The monoisotopic (exact) mass is 498 g/mol. The Labute approximate surface area is 173 Å². The molecule has 1 atom stereocenters. The van der Waals surface area contributed by atoms with E-state index < -0.39 is 41.0 Å². The Morgan fingerprint density at radius 1 is 0.742 bits per heavy atom. The van der Waals surface area contributed by atoms with Gasteiger partial charge in [-0.25, -0.2) is 0 Å². The summed E-state index contributed by atoms with van der Waals surface area (Å²) in [6, 6.07) is 8.19. The predicted molar refractivity (Wildman–Crippen MR) is 90.5 cm³/mol. The standard InChI is InChI=1S/C9H10.C8H5F13S/c1-3-9-7-5-4-6-8(9)2;1-2(22)3(9,10)4(11,12)5(13,14)6(15,16)7(17,18)8(19,20)21/h3-7H,1H2,2H3;2,22H,1H3. The van der Waals surface area contributed by atoms with Crippen LogP contribution in [-0.4, -0.2) is 41.0 Å². The van der Waals surface area contributed by atoms with Gasteiger partial charge in [0, 0.05) is 0 Å². The van der Waals surface area contributed by atoms with Crippen LogP contribution in [0.15, 0.2) is 30.8 Å². The van der Waals surface area contributed by atoms with Crippen LogP contribution >= 0.6 is 12.6 Å². The van der Waals surface area contributed by atoms with E-state index in [0.29, 0.717) is 0 Å². The van der Waals surface area contributed by atoms with Crippen molar-refractivity contribution in [3.63, 3.8) is 0 Å². The first-order valence-electron chi connectivity index (χ1n) is 7.86. The molecule has 0 aliphatic heterocycles. The van der Waals surface area contributed by atoms with E-state index >= 15 is 0 Å². The third-order valence-corrected chi connectivity index (χ3v) is 4.22. The van der Waals surface area contributed by atoms with E-state index in [1.807, 2.05) is 18.2 Å². The van der Waals surface area contributed by atoms with Gasteiger partial charge < -0.3 is 0 Å². The zero-order valence-corrected chi connectivity index (χ0v) is 16.4. The molecule has 0 saturated heterocycles. The van der Waals surface area contributed by atoms with Crippen LogP contribution in [0.1, 0.15) is 18.1 Å². The molecule has 0 aliphatic rings. The molecule has 0 spiro atoms. The summed E-state index contributed by atoms with van der Waals surface area (Å²) in [5.41, 5.74) is 2.50. The van der Waals surface area contributed by atoms with Gasteiger partial charge in [-0.1, -0.05) is 36.9 Å². The SMILES string of the molecule is C=Cc1ccccc1C.CC(S)C(F)(F)C(F)(F)C(F)(F)C(F)(F)C(F)(F)C(F)(F)F. The molecule has 31 heavy (non-hydrogen) atoms. The van der Waals surface area contributed by atoms with E-state index in [2.05, 4.69) is 38.3 Å². The topological polar surface area (TPSA) is 0 Å². The molecule has 0 amide bonds. The van der Waals surface area contributed by atoms with Crippen molar-refractivity contribution in [3.05, 3.63) is 42.0 Å². The van der Waals surface area contributed by atoms with Crippen molar-refractivity contribution in [2.45, 2.75) is 54.9 Å². The van der Waals surface area contributed by atoms with Gasteiger partial charge in [0.25, 0.3) is 0 Å². The highest BCUT2D eigenvalue weighted by atomic mass is 32.1. The number of alkyl halides is 13. The first-order chi connectivity index (χ1) is 13.5. The van der Waals surface area contributed by atoms with Crippen molar-refractivity contribution in [3.8, 4) is 0 Å². The van der Waals surface area contributed by atoms with Gasteiger partial charge in [-0.15, -0.1) is 0 Å². The lowest BCUT2D eigenvalue weighted by Gasteiger charge is -2.40. The van der Waals surface area contributed by atoms with Gasteiger partial charge in [-0.3, -0.25) is 0 Å². The van der Waals surface area contributed by atoms with Gasteiger partial charge in [0.15, 0.2) is 0 Å². The van der Waals surface area contributed by atoms with Crippen molar-refractivity contribution >= 4 is 18.7 Å². The molecule has 0 nitrogen and oxygen atoms in total. The Bertz CT molecular complexity index is 751. The van der Waals surface area contributed by atoms with Crippen molar-refractivity contribution < 1.29 is 57.1 Å². The van der Waals surface area contributed by atoms with Gasteiger partial charge in [0.1, 0.15) is 0 Å². The summed E-state index contributed by atoms with van der Waals surface area (Å²) >= 11 is 2.61. The fourth-order valence-electron chi connectivity index (χ4n) is 1.86. The molecule has 0 aliphatic carbocycles. The van der Waals surface area contributed by atoms with Crippen LogP contribution in [0.25, 0.3) is 6.08 Å². The summed E-state index contributed by atoms with van der Waals surface area (Å²) in [7, 11) is 0. The van der Waals surface area contributed by atoms with Crippen molar-refractivity contribution in [2.75, 3.05) is 0 Å². The Hall–Kier alpha value is -1.60. The van der Waals surface area contributed by atoms with E-state index in [4.69, 9.17) is 0 Å². The molecule has 0 fully saturated rings. The van der Waals surface area contributed by atoms with Gasteiger partial charge in [-0.05, 0) is 25.0 Å². The highest BCUT2D eigenvalue weighted by Crippen LogP contribution is 2.60. The van der Waals surface area contributed by atoms with Crippen LogP contribution in [0.3, 0.4) is 0 Å². The molecule has 0 N–H and O–H groups in total. The van der Waals surface area contributed by atoms with Crippen LogP contribution in [0, 0.1) is 6.92 Å². The Morgan fingerprint density at radius 2 is 1.13 bits per heavy atom. The third kappa shape index (κ3) is 5.08. The lowest BCUT2D eigenvalue weighted by atomic mass is 9.93. The van der Waals surface area contributed by atoms with E-state index in [0.717, 1.165) is 0 Å². The number of hydrogen-bond acceptors (Lipinski definition) is 1. The Morgan fingerprint density at radius 3 is 1.42 bits per heavy atom. The lowest BCUT2D eigenvalue weighted by molar-refractivity contribution is -0.439. The minimum atomic E-state index is -7.85. The zero-order valence-electron chi connectivity index (χ0n) is 15.5.